The number of benzene rings is 1. The predicted molar refractivity (Wildman–Crippen MR) is 127 cm³/mol. The van der Waals surface area contributed by atoms with E-state index in [0.717, 1.165) is 56.0 Å². The quantitative estimate of drug-likeness (QED) is 0.516. The first-order valence-electron chi connectivity index (χ1n) is 11.3. The van der Waals surface area contributed by atoms with Crippen LogP contribution in [0.2, 0.25) is 0 Å². The van der Waals surface area contributed by atoms with Gasteiger partial charge in [0.1, 0.15) is 0 Å². The molecule has 0 atom stereocenters. The van der Waals surface area contributed by atoms with Crippen LogP contribution in [-0.4, -0.2) is 46.2 Å². The van der Waals surface area contributed by atoms with Crippen molar-refractivity contribution in [1.29, 1.82) is 0 Å². The van der Waals surface area contributed by atoms with Crippen LogP contribution in [0.5, 0.6) is 0 Å². The molecule has 0 N–H and O–H groups in total. The first kappa shape index (κ1) is 22.7. The van der Waals surface area contributed by atoms with Crippen LogP contribution >= 0.6 is 0 Å². The molecular weight excluding hydrogens is 420 g/mol. The molecular formula is C25H32N4O2S. The Morgan fingerprint density at radius 2 is 1.81 bits per heavy atom. The minimum Gasteiger partial charge on any atom is -0.331 e. The highest BCUT2D eigenvalue weighted by atomic mass is 32.2. The molecule has 0 unspecified atom stereocenters. The molecule has 4 rings (SSSR count). The Labute approximate surface area is 191 Å². The van der Waals surface area contributed by atoms with Gasteiger partial charge in [-0.25, -0.2) is 13.4 Å². The Morgan fingerprint density at radius 3 is 2.53 bits per heavy atom. The largest absolute Gasteiger partial charge is 0.331 e. The van der Waals surface area contributed by atoms with Crippen molar-refractivity contribution in [3.63, 3.8) is 0 Å². The van der Waals surface area contributed by atoms with Gasteiger partial charge in [0.15, 0.2) is 9.84 Å². The summed E-state index contributed by atoms with van der Waals surface area (Å²) in [6, 6.07) is 14.1. The molecule has 0 saturated carbocycles. The molecule has 1 fully saturated rings. The van der Waals surface area contributed by atoms with E-state index in [1.54, 1.807) is 13.8 Å². The predicted octanol–water partition coefficient (Wildman–Crippen LogP) is 4.03. The van der Waals surface area contributed by atoms with E-state index in [4.69, 9.17) is 0 Å². The maximum Gasteiger partial charge on any atom is 0.156 e. The molecule has 1 saturated heterocycles. The summed E-state index contributed by atoms with van der Waals surface area (Å²) in [5, 5.41) is -0.346. The van der Waals surface area contributed by atoms with Crippen molar-refractivity contribution in [2.45, 2.75) is 56.7 Å². The molecule has 170 valence electrons. The highest BCUT2D eigenvalue weighted by Gasteiger charge is 2.22. The number of piperidine rings is 1. The minimum absolute atomic E-state index is 0.124. The summed E-state index contributed by atoms with van der Waals surface area (Å²) in [7, 11) is -3.08. The minimum atomic E-state index is -3.08. The van der Waals surface area contributed by atoms with Crippen LogP contribution in [0.3, 0.4) is 0 Å². The van der Waals surface area contributed by atoms with Crippen LogP contribution in [0, 0.1) is 0 Å². The highest BCUT2D eigenvalue weighted by molar-refractivity contribution is 7.91. The van der Waals surface area contributed by atoms with Gasteiger partial charge in [0.2, 0.25) is 0 Å². The Hall–Kier alpha value is -2.51. The number of hydrogen-bond donors (Lipinski definition) is 0. The van der Waals surface area contributed by atoms with Gasteiger partial charge in [0.05, 0.1) is 35.3 Å². The molecule has 0 spiro atoms. The monoisotopic (exact) mass is 452 g/mol. The summed E-state index contributed by atoms with van der Waals surface area (Å²) in [4.78, 5) is 11.4. The molecule has 0 amide bonds. The molecule has 1 aliphatic heterocycles. The van der Waals surface area contributed by atoms with Crippen molar-refractivity contribution < 1.29 is 8.42 Å². The summed E-state index contributed by atoms with van der Waals surface area (Å²) in [6.07, 6.45) is 7.97. The Bertz CT molecular complexity index is 1120. The molecule has 0 aliphatic carbocycles. The van der Waals surface area contributed by atoms with Crippen LogP contribution in [0.4, 0.5) is 0 Å². The maximum atomic E-state index is 12.3. The summed E-state index contributed by atoms with van der Waals surface area (Å²) in [5.74, 6) is 0.605. The Balaban J connectivity index is 1.31. The van der Waals surface area contributed by atoms with Gasteiger partial charge in [-0.05, 0) is 69.0 Å². The molecule has 6 nitrogen and oxygen atoms in total. The van der Waals surface area contributed by atoms with Crippen molar-refractivity contribution in [2.24, 2.45) is 0 Å². The van der Waals surface area contributed by atoms with Gasteiger partial charge in [-0.1, -0.05) is 30.3 Å². The molecule has 2 aromatic heterocycles. The molecule has 32 heavy (non-hydrogen) atoms. The molecule has 7 heteroatoms. The van der Waals surface area contributed by atoms with Gasteiger partial charge in [-0.15, -0.1) is 0 Å². The van der Waals surface area contributed by atoms with E-state index < -0.39 is 9.84 Å². The van der Waals surface area contributed by atoms with E-state index in [2.05, 4.69) is 37.8 Å². The second-order valence-electron chi connectivity index (χ2n) is 9.01. The lowest BCUT2D eigenvalue weighted by molar-refractivity contribution is 0.202. The van der Waals surface area contributed by atoms with E-state index in [1.807, 2.05) is 42.9 Å². The molecule has 0 radical (unpaired) electrons. The second-order valence-corrected chi connectivity index (χ2v) is 11.6. The second kappa shape index (κ2) is 9.96. The average Bonchev–Trinajstić information content (AvgIpc) is 3.21. The Kier molecular flexibility index (Phi) is 7.06. The summed E-state index contributed by atoms with van der Waals surface area (Å²) >= 11 is 0. The van der Waals surface area contributed by atoms with Gasteiger partial charge in [0, 0.05) is 18.9 Å². The van der Waals surface area contributed by atoms with Crippen molar-refractivity contribution in [2.75, 3.05) is 13.1 Å². The normalized spacial score (nSPS) is 16.0. The zero-order valence-electron chi connectivity index (χ0n) is 18.9. The summed E-state index contributed by atoms with van der Waals surface area (Å²) in [6.45, 7) is 7.12. The number of aromatic nitrogens is 3. The van der Waals surface area contributed by atoms with Crippen molar-refractivity contribution in [1.82, 2.24) is 19.4 Å². The third kappa shape index (κ3) is 5.84. The number of rotatable bonds is 8. The van der Waals surface area contributed by atoms with E-state index >= 15 is 0 Å². The highest BCUT2D eigenvalue weighted by Crippen LogP contribution is 2.29. The van der Waals surface area contributed by atoms with Gasteiger partial charge in [0.25, 0.3) is 0 Å². The molecule has 3 aromatic rings. The molecule has 1 aromatic carbocycles. The standard InChI is InChI=1S/C25H32N4O2S/c1-20(2)32(30,31)18-21-6-5-7-23(14-21)22-9-12-28(13-10-22)16-25-17-29(19-27-25)15-24-8-3-4-11-26-24/h3-8,11,14,17,19-20,22H,9-10,12-13,15-16,18H2,1-2H3. The summed E-state index contributed by atoms with van der Waals surface area (Å²) in [5.41, 5.74) is 4.28. The molecule has 3 heterocycles. The third-order valence-corrected chi connectivity index (χ3v) is 8.41. The van der Waals surface area contributed by atoms with Gasteiger partial charge in [-0.2, -0.15) is 0 Å². The van der Waals surface area contributed by atoms with Gasteiger partial charge < -0.3 is 4.57 Å². The van der Waals surface area contributed by atoms with E-state index in [1.165, 1.54) is 5.56 Å². The maximum absolute atomic E-state index is 12.3. The third-order valence-electron chi connectivity index (χ3n) is 6.24. The lowest BCUT2D eigenvalue weighted by Crippen LogP contribution is -2.32. The van der Waals surface area contributed by atoms with Crippen molar-refractivity contribution in [3.8, 4) is 0 Å². The van der Waals surface area contributed by atoms with Crippen LogP contribution < -0.4 is 0 Å². The molecule has 0 bridgehead atoms. The number of likely N-dealkylation sites (tertiary alicyclic amines) is 1. The average molecular weight is 453 g/mol. The SMILES string of the molecule is CC(C)S(=O)(=O)Cc1cccc(C2CCN(Cc3cn(Cc4ccccn4)cn3)CC2)c1. The zero-order valence-corrected chi connectivity index (χ0v) is 19.7. The van der Waals surface area contributed by atoms with Crippen LogP contribution in [-0.2, 0) is 28.7 Å². The number of imidazole rings is 1. The van der Waals surface area contributed by atoms with Gasteiger partial charge in [-0.3, -0.25) is 9.88 Å². The summed E-state index contributed by atoms with van der Waals surface area (Å²) < 4.78 is 26.7. The van der Waals surface area contributed by atoms with E-state index in [9.17, 15) is 8.42 Å². The first-order chi connectivity index (χ1) is 15.4. The first-order valence-corrected chi connectivity index (χ1v) is 13.0. The number of hydrogen-bond acceptors (Lipinski definition) is 5. The van der Waals surface area contributed by atoms with Crippen molar-refractivity contribution in [3.05, 3.63) is 83.7 Å². The fourth-order valence-electron chi connectivity index (χ4n) is 4.24. The van der Waals surface area contributed by atoms with E-state index in [-0.39, 0.29) is 11.0 Å². The van der Waals surface area contributed by atoms with Crippen LogP contribution in [0.1, 0.15) is 55.1 Å². The fourth-order valence-corrected chi connectivity index (χ4v) is 5.22. The van der Waals surface area contributed by atoms with Crippen LogP contribution in [0.25, 0.3) is 0 Å². The number of sulfone groups is 1. The topological polar surface area (TPSA) is 68.1 Å². The van der Waals surface area contributed by atoms with Crippen LogP contribution in [0.15, 0.2) is 61.2 Å². The van der Waals surface area contributed by atoms with Crippen molar-refractivity contribution >= 4 is 9.84 Å². The number of pyridine rings is 1. The smallest absolute Gasteiger partial charge is 0.156 e. The fraction of sp³-hybridized carbons (Fsp3) is 0.440. The van der Waals surface area contributed by atoms with E-state index in [0.29, 0.717) is 5.92 Å². The molecule has 1 aliphatic rings. The van der Waals surface area contributed by atoms with Gasteiger partial charge >= 0.3 is 0 Å². The lowest BCUT2D eigenvalue weighted by Gasteiger charge is -2.31. The Morgan fingerprint density at radius 1 is 1.00 bits per heavy atom. The lowest BCUT2D eigenvalue weighted by atomic mass is 9.88. The number of nitrogens with zero attached hydrogens (tertiary/aromatic N) is 4. The zero-order chi connectivity index (χ0) is 22.6.